The Morgan fingerprint density at radius 3 is 1.39 bits per heavy atom. The molecule has 1 aliphatic carbocycles. The summed E-state index contributed by atoms with van der Waals surface area (Å²) in [7, 11) is 0. The van der Waals surface area contributed by atoms with Crippen molar-refractivity contribution >= 4 is 27.8 Å². The first kappa shape index (κ1) is 37.3. The highest BCUT2D eigenvalue weighted by Crippen LogP contribution is 2.50. The smallest absolute Gasteiger partial charge is 0.0462 e. The third-order valence-electron chi connectivity index (χ3n) is 12.9. The van der Waals surface area contributed by atoms with Crippen LogP contribution in [-0.4, -0.2) is 0 Å². The molecule has 0 unspecified atom stereocenters. The summed E-state index contributed by atoms with van der Waals surface area (Å²) in [5.41, 5.74) is 20.9. The SMILES string of the molecule is CC1(C)c2ccccc2-c2ccc(-c3ccc(N(c4ccc(-c5cccc(-c6cccc7ccccc67)c5)cc4)c4ccc(-c5ccccc5-c5ccccc5)cc4)cc3)cc21. The van der Waals surface area contributed by atoms with Crippen molar-refractivity contribution in [3.05, 3.63) is 248 Å². The van der Waals surface area contributed by atoms with Crippen LogP contribution in [0.15, 0.2) is 237 Å². The lowest BCUT2D eigenvalue weighted by molar-refractivity contribution is 0.660. The third kappa shape index (κ3) is 6.60. The largest absolute Gasteiger partial charge is 0.311 e. The van der Waals surface area contributed by atoms with Gasteiger partial charge in [0, 0.05) is 22.5 Å². The molecule has 11 rings (SSSR count). The molecule has 10 aromatic carbocycles. The van der Waals surface area contributed by atoms with Crippen LogP contribution in [0.2, 0.25) is 0 Å². The Bertz CT molecular complexity index is 3220. The first-order valence-electron chi connectivity index (χ1n) is 21.6. The highest BCUT2D eigenvalue weighted by Gasteiger charge is 2.35. The summed E-state index contributed by atoms with van der Waals surface area (Å²) in [5, 5.41) is 2.52. The zero-order valence-corrected chi connectivity index (χ0v) is 35.0. The maximum Gasteiger partial charge on any atom is 0.0462 e. The van der Waals surface area contributed by atoms with E-state index < -0.39 is 0 Å². The predicted molar refractivity (Wildman–Crippen MR) is 263 cm³/mol. The highest BCUT2D eigenvalue weighted by atomic mass is 15.1. The molecule has 0 saturated heterocycles. The second kappa shape index (κ2) is 15.4. The molecule has 0 spiro atoms. The van der Waals surface area contributed by atoms with Crippen LogP contribution < -0.4 is 4.90 Å². The van der Waals surface area contributed by atoms with Crippen molar-refractivity contribution in [2.24, 2.45) is 0 Å². The van der Waals surface area contributed by atoms with Gasteiger partial charge in [0.1, 0.15) is 0 Å². The van der Waals surface area contributed by atoms with Gasteiger partial charge in [-0.05, 0) is 137 Å². The van der Waals surface area contributed by atoms with Crippen molar-refractivity contribution in [1.82, 2.24) is 0 Å². The van der Waals surface area contributed by atoms with Crippen LogP contribution in [0.1, 0.15) is 25.0 Å². The number of fused-ring (bicyclic) bond motifs is 4. The molecule has 1 heteroatoms. The fourth-order valence-electron chi connectivity index (χ4n) is 9.67. The maximum absolute atomic E-state index is 2.40. The molecule has 0 N–H and O–H groups in total. The summed E-state index contributed by atoms with van der Waals surface area (Å²) in [5.74, 6) is 0. The van der Waals surface area contributed by atoms with Gasteiger partial charge in [-0.25, -0.2) is 0 Å². The standard InChI is InChI=1S/C61H45N/c1-61(2)59-25-11-10-23-57(59)58-39-32-48(41-60(58)61)43-28-35-51(36-29-43)62(52-37-30-46(31-38-52)55-22-9-8-21-53(55)44-14-4-3-5-15-44)50-33-26-42(27-34-50)47-18-12-19-49(40-47)56-24-13-17-45-16-6-7-20-54(45)56/h3-41H,1-2H3. The van der Waals surface area contributed by atoms with Crippen molar-refractivity contribution in [1.29, 1.82) is 0 Å². The Balaban J connectivity index is 0.957. The molecule has 0 radical (unpaired) electrons. The Hall–Kier alpha value is -7.74. The number of anilines is 3. The molecular formula is C61H45N. The quantitative estimate of drug-likeness (QED) is 0.148. The van der Waals surface area contributed by atoms with E-state index in [0.717, 1.165) is 17.1 Å². The molecule has 10 aromatic rings. The lowest BCUT2D eigenvalue weighted by Crippen LogP contribution is -2.14. The molecule has 0 heterocycles. The molecule has 0 aliphatic heterocycles. The fourth-order valence-corrected chi connectivity index (χ4v) is 9.67. The van der Waals surface area contributed by atoms with Crippen molar-refractivity contribution in [3.63, 3.8) is 0 Å². The molecule has 0 atom stereocenters. The molecule has 1 aliphatic rings. The van der Waals surface area contributed by atoms with E-state index in [1.165, 1.54) is 88.7 Å². The van der Waals surface area contributed by atoms with Crippen LogP contribution in [-0.2, 0) is 5.41 Å². The van der Waals surface area contributed by atoms with Gasteiger partial charge in [0.05, 0.1) is 0 Å². The highest BCUT2D eigenvalue weighted by molar-refractivity contribution is 5.97. The normalized spacial score (nSPS) is 12.5. The average molecular weight is 792 g/mol. The Morgan fingerprint density at radius 2 is 0.710 bits per heavy atom. The van der Waals surface area contributed by atoms with E-state index in [4.69, 9.17) is 0 Å². The second-order valence-electron chi connectivity index (χ2n) is 16.9. The molecule has 1 nitrogen and oxygen atoms in total. The number of nitrogens with zero attached hydrogens (tertiary/aromatic N) is 1. The minimum absolute atomic E-state index is 0.0458. The summed E-state index contributed by atoms with van der Waals surface area (Å²) in [6, 6.07) is 86.5. The molecule has 0 bridgehead atoms. The van der Waals surface area contributed by atoms with Gasteiger partial charge in [-0.1, -0.05) is 202 Å². The molecule has 62 heavy (non-hydrogen) atoms. The Morgan fingerprint density at radius 1 is 0.274 bits per heavy atom. The van der Waals surface area contributed by atoms with Crippen LogP contribution in [0, 0.1) is 0 Å². The van der Waals surface area contributed by atoms with Gasteiger partial charge >= 0.3 is 0 Å². The van der Waals surface area contributed by atoms with E-state index in [2.05, 4.69) is 255 Å². The van der Waals surface area contributed by atoms with E-state index in [0.29, 0.717) is 0 Å². The summed E-state index contributed by atoms with van der Waals surface area (Å²) < 4.78 is 0. The first-order valence-corrected chi connectivity index (χ1v) is 21.6. The minimum Gasteiger partial charge on any atom is -0.311 e. The van der Waals surface area contributed by atoms with Gasteiger partial charge in [0.15, 0.2) is 0 Å². The van der Waals surface area contributed by atoms with Crippen LogP contribution in [0.3, 0.4) is 0 Å². The molecular weight excluding hydrogens is 747 g/mol. The van der Waals surface area contributed by atoms with Gasteiger partial charge in [0.25, 0.3) is 0 Å². The second-order valence-corrected chi connectivity index (χ2v) is 16.9. The maximum atomic E-state index is 2.40. The number of hydrogen-bond acceptors (Lipinski definition) is 1. The van der Waals surface area contributed by atoms with Crippen LogP contribution >= 0.6 is 0 Å². The topological polar surface area (TPSA) is 3.24 Å². The minimum atomic E-state index is -0.0458. The fraction of sp³-hybridized carbons (Fsp3) is 0.0492. The van der Waals surface area contributed by atoms with Gasteiger partial charge in [-0.3, -0.25) is 0 Å². The molecule has 0 amide bonds. The predicted octanol–water partition coefficient (Wildman–Crippen LogP) is 17.0. The Labute approximate surface area is 364 Å². The summed E-state index contributed by atoms with van der Waals surface area (Å²) >= 11 is 0. The Kier molecular flexibility index (Phi) is 9.24. The summed E-state index contributed by atoms with van der Waals surface area (Å²) in [4.78, 5) is 2.37. The third-order valence-corrected chi connectivity index (χ3v) is 12.9. The monoisotopic (exact) mass is 791 g/mol. The first-order chi connectivity index (χ1) is 30.5. The summed E-state index contributed by atoms with van der Waals surface area (Å²) in [6.45, 7) is 4.70. The molecule has 294 valence electrons. The molecule has 0 fully saturated rings. The zero-order chi connectivity index (χ0) is 41.6. The van der Waals surface area contributed by atoms with E-state index in [9.17, 15) is 0 Å². The van der Waals surface area contributed by atoms with Crippen LogP contribution in [0.25, 0.3) is 77.5 Å². The van der Waals surface area contributed by atoms with Crippen molar-refractivity contribution in [2.75, 3.05) is 4.90 Å². The van der Waals surface area contributed by atoms with Crippen LogP contribution in [0.4, 0.5) is 17.1 Å². The van der Waals surface area contributed by atoms with Crippen LogP contribution in [0.5, 0.6) is 0 Å². The van der Waals surface area contributed by atoms with Crippen molar-refractivity contribution in [3.8, 4) is 66.8 Å². The van der Waals surface area contributed by atoms with Crippen molar-refractivity contribution in [2.45, 2.75) is 19.3 Å². The molecule has 0 saturated carbocycles. The van der Waals surface area contributed by atoms with Crippen molar-refractivity contribution < 1.29 is 0 Å². The lowest BCUT2D eigenvalue weighted by atomic mass is 9.81. The van der Waals surface area contributed by atoms with Gasteiger partial charge in [-0.2, -0.15) is 0 Å². The number of rotatable bonds is 8. The van der Waals surface area contributed by atoms with Gasteiger partial charge in [0.2, 0.25) is 0 Å². The van der Waals surface area contributed by atoms with E-state index in [-0.39, 0.29) is 5.41 Å². The zero-order valence-electron chi connectivity index (χ0n) is 35.0. The number of hydrogen-bond donors (Lipinski definition) is 0. The molecule has 0 aromatic heterocycles. The lowest BCUT2D eigenvalue weighted by Gasteiger charge is -2.26. The van der Waals surface area contributed by atoms with E-state index >= 15 is 0 Å². The van der Waals surface area contributed by atoms with Gasteiger partial charge in [-0.15, -0.1) is 0 Å². The van der Waals surface area contributed by atoms with Gasteiger partial charge < -0.3 is 4.90 Å². The van der Waals surface area contributed by atoms with E-state index in [1.807, 2.05) is 0 Å². The number of benzene rings is 10. The summed E-state index contributed by atoms with van der Waals surface area (Å²) in [6.07, 6.45) is 0. The average Bonchev–Trinajstić information content (AvgIpc) is 3.57. The van der Waals surface area contributed by atoms with E-state index in [1.54, 1.807) is 0 Å².